The van der Waals surface area contributed by atoms with Gasteiger partial charge in [0.1, 0.15) is 5.56 Å². The van der Waals surface area contributed by atoms with Crippen LogP contribution in [0.4, 0.5) is 0 Å². The summed E-state index contributed by atoms with van der Waals surface area (Å²) >= 11 is 0. The van der Waals surface area contributed by atoms with Gasteiger partial charge in [0.15, 0.2) is 5.65 Å². The summed E-state index contributed by atoms with van der Waals surface area (Å²) < 4.78 is 6.85. The lowest BCUT2D eigenvalue weighted by atomic mass is 10.1. The van der Waals surface area contributed by atoms with Crippen molar-refractivity contribution in [2.75, 3.05) is 6.61 Å². The van der Waals surface area contributed by atoms with Gasteiger partial charge in [-0.15, -0.1) is 0 Å². The summed E-state index contributed by atoms with van der Waals surface area (Å²) in [6.45, 7) is 6.03. The predicted molar refractivity (Wildman–Crippen MR) is 83.9 cm³/mol. The Morgan fingerprint density at radius 2 is 1.95 bits per heavy atom. The third-order valence-corrected chi connectivity index (χ3v) is 3.43. The number of hydrogen-bond donors (Lipinski definition) is 0. The van der Waals surface area contributed by atoms with Crippen molar-refractivity contribution in [3.8, 4) is 11.3 Å². The van der Waals surface area contributed by atoms with Crippen LogP contribution in [-0.2, 0) is 4.74 Å². The molecule has 3 rings (SSSR count). The van der Waals surface area contributed by atoms with Gasteiger partial charge < -0.3 is 4.74 Å². The Morgan fingerprint density at radius 3 is 2.64 bits per heavy atom. The number of benzene rings is 1. The number of esters is 1. The Bertz CT molecular complexity index is 835. The minimum absolute atomic E-state index is 0.322. The summed E-state index contributed by atoms with van der Waals surface area (Å²) in [7, 11) is 0. The average molecular weight is 295 g/mol. The van der Waals surface area contributed by atoms with Crippen LogP contribution in [0.3, 0.4) is 0 Å². The summed E-state index contributed by atoms with van der Waals surface area (Å²) in [5.41, 5.74) is 4.74. The monoisotopic (exact) mass is 295 g/mol. The Kier molecular flexibility index (Phi) is 3.63. The molecule has 3 aromatic rings. The number of rotatable bonds is 3. The number of nitrogens with zero attached hydrogens (tertiary/aromatic N) is 3. The van der Waals surface area contributed by atoms with Gasteiger partial charge in [-0.1, -0.05) is 29.8 Å². The van der Waals surface area contributed by atoms with Gasteiger partial charge in [-0.2, -0.15) is 5.10 Å². The molecule has 0 saturated carbocycles. The van der Waals surface area contributed by atoms with Crippen molar-refractivity contribution in [1.82, 2.24) is 14.6 Å². The van der Waals surface area contributed by atoms with E-state index in [1.54, 1.807) is 17.6 Å². The summed E-state index contributed by atoms with van der Waals surface area (Å²) in [6.07, 6.45) is 1.56. The molecule has 2 heterocycles. The zero-order valence-corrected chi connectivity index (χ0v) is 12.8. The first kappa shape index (κ1) is 14.3. The Hall–Kier alpha value is -2.69. The van der Waals surface area contributed by atoms with Gasteiger partial charge >= 0.3 is 5.97 Å². The molecule has 0 fully saturated rings. The first-order valence-corrected chi connectivity index (χ1v) is 7.19. The van der Waals surface area contributed by atoms with E-state index in [0.717, 1.165) is 16.8 Å². The fourth-order valence-electron chi connectivity index (χ4n) is 2.40. The lowest BCUT2D eigenvalue weighted by Gasteiger charge is -2.11. The summed E-state index contributed by atoms with van der Waals surface area (Å²) in [4.78, 5) is 16.6. The number of carbonyl (C=O) groups is 1. The molecule has 0 aliphatic heterocycles. The van der Waals surface area contributed by atoms with Gasteiger partial charge in [-0.25, -0.2) is 14.3 Å². The Morgan fingerprint density at radius 1 is 1.23 bits per heavy atom. The minimum atomic E-state index is -0.388. The molecule has 2 aromatic heterocycles. The summed E-state index contributed by atoms with van der Waals surface area (Å²) in [6, 6.07) is 9.85. The molecular formula is C17H17N3O2. The molecule has 5 heteroatoms. The van der Waals surface area contributed by atoms with E-state index in [1.165, 1.54) is 0 Å². The van der Waals surface area contributed by atoms with Crippen LogP contribution >= 0.6 is 0 Å². The number of aromatic nitrogens is 3. The van der Waals surface area contributed by atoms with E-state index >= 15 is 0 Å². The molecule has 0 N–H and O–H groups in total. The molecule has 0 atom stereocenters. The van der Waals surface area contributed by atoms with Crippen molar-refractivity contribution in [2.24, 2.45) is 0 Å². The van der Waals surface area contributed by atoms with Gasteiger partial charge in [0.25, 0.3) is 0 Å². The molecule has 0 amide bonds. The number of ether oxygens (including phenoxy) is 1. The fourth-order valence-corrected chi connectivity index (χ4v) is 2.40. The SMILES string of the molecule is CCOC(=O)c1cnc2cc(C)nn2c1-c1ccc(C)cc1. The minimum Gasteiger partial charge on any atom is -0.462 e. The van der Waals surface area contributed by atoms with Gasteiger partial charge in [0.2, 0.25) is 0 Å². The van der Waals surface area contributed by atoms with Crippen LogP contribution in [-0.4, -0.2) is 27.2 Å². The standard InChI is InChI=1S/C17H17N3O2/c1-4-22-17(21)14-10-18-15-9-12(3)19-20(15)16(14)13-7-5-11(2)6-8-13/h5-10H,4H2,1-3H3. The largest absolute Gasteiger partial charge is 0.462 e. The maximum absolute atomic E-state index is 12.3. The third-order valence-electron chi connectivity index (χ3n) is 3.43. The van der Waals surface area contributed by atoms with E-state index in [2.05, 4.69) is 10.1 Å². The van der Waals surface area contributed by atoms with Crippen molar-refractivity contribution in [1.29, 1.82) is 0 Å². The van der Waals surface area contributed by atoms with E-state index < -0.39 is 0 Å². The maximum Gasteiger partial charge on any atom is 0.341 e. The molecule has 5 nitrogen and oxygen atoms in total. The lowest BCUT2D eigenvalue weighted by molar-refractivity contribution is 0.0526. The second-order valence-corrected chi connectivity index (χ2v) is 5.16. The number of carbonyl (C=O) groups excluding carboxylic acids is 1. The van der Waals surface area contributed by atoms with Crippen molar-refractivity contribution >= 4 is 11.6 Å². The van der Waals surface area contributed by atoms with E-state index in [-0.39, 0.29) is 5.97 Å². The van der Waals surface area contributed by atoms with E-state index in [0.29, 0.717) is 23.5 Å². The van der Waals surface area contributed by atoms with Crippen LogP contribution in [0.15, 0.2) is 36.5 Å². The zero-order chi connectivity index (χ0) is 15.7. The topological polar surface area (TPSA) is 56.5 Å². The molecule has 0 aliphatic rings. The Balaban J connectivity index is 2.28. The molecule has 112 valence electrons. The van der Waals surface area contributed by atoms with Crippen LogP contribution in [0.2, 0.25) is 0 Å². The normalized spacial score (nSPS) is 10.9. The highest BCUT2D eigenvalue weighted by Gasteiger charge is 2.19. The summed E-state index contributed by atoms with van der Waals surface area (Å²) in [5, 5.41) is 4.46. The van der Waals surface area contributed by atoms with Crippen LogP contribution < -0.4 is 0 Å². The molecule has 0 saturated heterocycles. The molecule has 0 bridgehead atoms. The van der Waals surface area contributed by atoms with Crippen molar-refractivity contribution in [3.05, 3.63) is 53.3 Å². The smallest absolute Gasteiger partial charge is 0.341 e. The predicted octanol–water partition coefficient (Wildman–Crippen LogP) is 3.19. The third kappa shape index (κ3) is 2.45. The van der Waals surface area contributed by atoms with Crippen LogP contribution in [0.5, 0.6) is 0 Å². The molecule has 0 unspecified atom stereocenters. The van der Waals surface area contributed by atoms with E-state index in [9.17, 15) is 4.79 Å². The van der Waals surface area contributed by atoms with Gasteiger partial charge in [-0.05, 0) is 20.8 Å². The second kappa shape index (κ2) is 5.60. The van der Waals surface area contributed by atoms with Crippen LogP contribution in [0.25, 0.3) is 16.9 Å². The fraction of sp³-hybridized carbons (Fsp3) is 0.235. The van der Waals surface area contributed by atoms with Crippen LogP contribution in [0, 0.1) is 13.8 Å². The van der Waals surface area contributed by atoms with Gasteiger partial charge in [-0.3, -0.25) is 0 Å². The lowest BCUT2D eigenvalue weighted by Crippen LogP contribution is -2.11. The molecule has 1 aromatic carbocycles. The quantitative estimate of drug-likeness (QED) is 0.696. The van der Waals surface area contributed by atoms with E-state index in [1.807, 2.05) is 44.2 Å². The molecular weight excluding hydrogens is 278 g/mol. The molecule has 0 aliphatic carbocycles. The molecule has 0 radical (unpaired) electrons. The van der Waals surface area contributed by atoms with E-state index in [4.69, 9.17) is 4.74 Å². The molecule has 0 spiro atoms. The highest BCUT2D eigenvalue weighted by molar-refractivity contribution is 5.96. The second-order valence-electron chi connectivity index (χ2n) is 5.16. The average Bonchev–Trinajstić information content (AvgIpc) is 2.87. The number of hydrogen-bond acceptors (Lipinski definition) is 4. The van der Waals surface area contributed by atoms with Crippen molar-refractivity contribution < 1.29 is 9.53 Å². The zero-order valence-electron chi connectivity index (χ0n) is 12.8. The van der Waals surface area contributed by atoms with Crippen molar-refractivity contribution in [3.63, 3.8) is 0 Å². The molecule has 22 heavy (non-hydrogen) atoms. The van der Waals surface area contributed by atoms with Crippen molar-refractivity contribution in [2.45, 2.75) is 20.8 Å². The van der Waals surface area contributed by atoms with Gasteiger partial charge in [0.05, 0.1) is 18.0 Å². The Labute approximate surface area is 128 Å². The summed E-state index contributed by atoms with van der Waals surface area (Å²) in [5.74, 6) is -0.388. The highest BCUT2D eigenvalue weighted by atomic mass is 16.5. The maximum atomic E-state index is 12.3. The van der Waals surface area contributed by atoms with Crippen LogP contribution in [0.1, 0.15) is 28.5 Å². The number of fused-ring (bicyclic) bond motifs is 1. The number of aryl methyl sites for hydroxylation is 2. The highest BCUT2D eigenvalue weighted by Crippen LogP contribution is 2.25. The van der Waals surface area contributed by atoms with Gasteiger partial charge in [0, 0.05) is 17.8 Å². The first-order valence-electron chi connectivity index (χ1n) is 7.19. The first-order chi connectivity index (χ1) is 10.6.